The van der Waals surface area contributed by atoms with Crippen LogP contribution in [-0.4, -0.2) is 41.6 Å². The highest BCUT2D eigenvalue weighted by atomic mass is 35.5. The van der Waals surface area contributed by atoms with E-state index in [1.165, 1.54) is 5.56 Å². The maximum Gasteiger partial charge on any atom is 0.322 e. The lowest BCUT2D eigenvalue weighted by molar-refractivity contribution is 0.184. The molecule has 1 aromatic carbocycles. The number of hydrogen-bond acceptors (Lipinski definition) is 3. The van der Waals surface area contributed by atoms with E-state index in [4.69, 9.17) is 11.6 Å². The van der Waals surface area contributed by atoms with E-state index >= 15 is 0 Å². The molecule has 5 nitrogen and oxygen atoms in total. The molecule has 2 heterocycles. The van der Waals surface area contributed by atoms with Crippen LogP contribution in [0.1, 0.15) is 32.3 Å². The molecule has 1 atom stereocenters. The summed E-state index contributed by atoms with van der Waals surface area (Å²) in [6.07, 6.45) is 1.74. The van der Waals surface area contributed by atoms with Crippen molar-refractivity contribution < 1.29 is 4.79 Å². The number of pyridine rings is 1. The molecule has 1 fully saturated rings. The van der Waals surface area contributed by atoms with Crippen molar-refractivity contribution in [1.29, 1.82) is 0 Å². The van der Waals surface area contributed by atoms with E-state index < -0.39 is 0 Å². The predicted molar refractivity (Wildman–Crippen MR) is 107 cm³/mol. The summed E-state index contributed by atoms with van der Waals surface area (Å²) in [4.78, 5) is 21.0. The van der Waals surface area contributed by atoms with Crippen LogP contribution in [-0.2, 0) is 0 Å². The molecule has 3 rings (SSSR count). The molecule has 0 radical (unpaired) electrons. The Bertz CT molecular complexity index is 763. The molecular weight excluding hydrogens is 348 g/mol. The van der Waals surface area contributed by atoms with Gasteiger partial charge in [-0.25, -0.2) is 9.78 Å². The Morgan fingerprint density at radius 2 is 1.96 bits per heavy atom. The van der Waals surface area contributed by atoms with Crippen molar-refractivity contribution in [1.82, 2.24) is 9.88 Å². The van der Waals surface area contributed by atoms with Gasteiger partial charge in [0.15, 0.2) is 0 Å². The van der Waals surface area contributed by atoms with Gasteiger partial charge in [0.25, 0.3) is 0 Å². The number of rotatable bonds is 3. The van der Waals surface area contributed by atoms with Gasteiger partial charge in [0.2, 0.25) is 0 Å². The van der Waals surface area contributed by atoms with Crippen molar-refractivity contribution in [3.8, 4) is 0 Å². The molecule has 1 aliphatic rings. The molecule has 2 aromatic rings. The second-order valence-corrected chi connectivity index (χ2v) is 7.41. The molecule has 0 aliphatic carbocycles. The number of nitrogens with one attached hydrogen (secondary N) is 1. The molecule has 1 N–H and O–H groups in total. The Labute approximate surface area is 160 Å². The van der Waals surface area contributed by atoms with E-state index in [9.17, 15) is 4.79 Å². The number of anilines is 2. The molecule has 0 bridgehead atoms. The highest BCUT2D eigenvalue weighted by molar-refractivity contribution is 6.32. The normalized spacial score (nSPS) is 17.5. The maximum absolute atomic E-state index is 12.7. The Morgan fingerprint density at radius 1 is 1.23 bits per heavy atom. The number of piperazine rings is 1. The topological polar surface area (TPSA) is 48.5 Å². The summed E-state index contributed by atoms with van der Waals surface area (Å²) in [6, 6.07) is 11.7. The van der Waals surface area contributed by atoms with Crippen molar-refractivity contribution in [3.63, 3.8) is 0 Å². The van der Waals surface area contributed by atoms with Crippen LogP contribution in [0.4, 0.5) is 16.3 Å². The van der Waals surface area contributed by atoms with Crippen LogP contribution in [0.15, 0.2) is 42.6 Å². The molecule has 6 heteroatoms. The standard InChI is InChI=1S/C20H25ClN4O/c1-14(2)16-6-8-17(9-7-16)23-20(26)25-12-11-24(13-15(25)3)19-18(21)5-4-10-22-19/h4-10,14-15H,11-13H2,1-3H3,(H,23,26). The Hall–Kier alpha value is -2.27. The van der Waals surface area contributed by atoms with Gasteiger partial charge in [0.1, 0.15) is 5.82 Å². The van der Waals surface area contributed by atoms with Crippen LogP contribution in [0.5, 0.6) is 0 Å². The first kappa shape index (κ1) is 18.5. The molecule has 1 aliphatic heterocycles. The summed E-state index contributed by atoms with van der Waals surface area (Å²) in [5.74, 6) is 1.26. The van der Waals surface area contributed by atoms with Gasteiger partial charge < -0.3 is 15.1 Å². The number of nitrogens with zero attached hydrogens (tertiary/aromatic N) is 3. The molecule has 138 valence electrons. The lowest BCUT2D eigenvalue weighted by atomic mass is 10.0. The van der Waals surface area contributed by atoms with Crippen LogP contribution < -0.4 is 10.2 Å². The van der Waals surface area contributed by atoms with Crippen molar-refractivity contribution in [2.45, 2.75) is 32.7 Å². The second kappa shape index (κ2) is 7.96. The van der Waals surface area contributed by atoms with Crippen molar-refractivity contribution in [2.24, 2.45) is 0 Å². The summed E-state index contributed by atoms with van der Waals surface area (Å²) >= 11 is 6.25. The zero-order valence-corrected chi connectivity index (χ0v) is 16.2. The molecule has 1 saturated heterocycles. The van der Waals surface area contributed by atoms with Gasteiger partial charge >= 0.3 is 6.03 Å². The Morgan fingerprint density at radius 3 is 2.58 bits per heavy atom. The molecular formula is C20H25ClN4O. The SMILES string of the molecule is CC(C)c1ccc(NC(=O)N2CCN(c3ncccc3Cl)CC2C)cc1. The van der Waals surface area contributed by atoms with E-state index in [-0.39, 0.29) is 12.1 Å². The van der Waals surface area contributed by atoms with Gasteiger partial charge in [0, 0.05) is 37.6 Å². The highest BCUT2D eigenvalue weighted by Gasteiger charge is 2.28. The third-order valence-corrected chi connectivity index (χ3v) is 5.05. The fourth-order valence-electron chi connectivity index (χ4n) is 3.21. The van der Waals surface area contributed by atoms with Gasteiger partial charge in [-0.3, -0.25) is 0 Å². The summed E-state index contributed by atoms with van der Waals surface area (Å²) in [5.41, 5.74) is 2.08. The summed E-state index contributed by atoms with van der Waals surface area (Å²) < 4.78 is 0. The predicted octanol–water partition coefficient (Wildman–Crippen LogP) is 4.60. The van der Waals surface area contributed by atoms with E-state index in [1.54, 1.807) is 6.20 Å². The van der Waals surface area contributed by atoms with Crippen molar-refractivity contribution in [2.75, 3.05) is 29.9 Å². The van der Waals surface area contributed by atoms with Crippen LogP contribution in [0.2, 0.25) is 5.02 Å². The monoisotopic (exact) mass is 372 g/mol. The van der Waals surface area contributed by atoms with E-state index in [2.05, 4.69) is 41.2 Å². The Balaban J connectivity index is 1.62. The number of amides is 2. The number of hydrogen-bond donors (Lipinski definition) is 1. The van der Waals surface area contributed by atoms with E-state index in [0.29, 0.717) is 30.6 Å². The zero-order valence-electron chi connectivity index (χ0n) is 15.4. The molecule has 2 amide bonds. The quantitative estimate of drug-likeness (QED) is 0.856. The van der Waals surface area contributed by atoms with Crippen LogP contribution in [0.3, 0.4) is 0 Å². The van der Waals surface area contributed by atoms with E-state index in [0.717, 1.165) is 11.5 Å². The Kier molecular flexibility index (Phi) is 5.67. The minimum absolute atomic E-state index is 0.0664. The minimum Gasteiger partial charge on any atom is -0.352 e. The van der Waals surface area contributed by atoms with Crippen molar-refractivity contribution in [3.05, 3.63) is 53.2 Å². The van der Waals surface area contributed by atoms with Crippen LogP contribution in [0, 0.1) is 0 Å². The largest absolute Gasteiger partial charge is 0.352 e. The van der Waals surface area contributed by atoms with Gasteiger partial charge in [-0.2, -0.15) is 0 Å². The van der Waals surface area contributed by atoms with Gasteiger partial charge in [-0.1, -0.05) is 37.6 Å². The highest BCUT2D eigenvalue weighted by Crippen LogP contribution is 2.25. The number of carbonyl (C=O) groups excluding carboxylic acids is 1. The van der Waals surface area contributed by atoms with Crippen LogP contribution >= 0.6 is 11.6 Å². The molecule has 1 aromatic heterocycles. The lowest BCUT2D eigenvalue weighted by Gasteiger charge is -2.40. The molecule has 0 spiro atoms. The minimum atomic E-state index is -0.0680. The number of urea groups is 1. The first-order valence-electron chi connectivity index (χ1n) is 8.98. The number of carbonyl (C=O) groups is 1. The number of benzene rings is 1. The van der Waals surface area contributed by atoms with E-state index in [1.807, 2.05) is 36.1 Å². The van der Waals surface area contributed by atoms with Crippen LogP contribution in [0.25, 0.3) is 0 Å². The van der Waals surface area contributed by atoms with Gasteiger partial charge in [-0.05, 0) is 42.7 Å². The average Bonchev–Trinajstić information content (AvgIpc) is 2.62. The average molecular weight is 373 g/mol. The lowest BCUT2D eigenvalue weighted by Crippen LogP contribution is -2.55. The summed E-state index contributed by atoms with van der Waals surface area (Å²) in [7, 11) is 0. The summed E-state index contributed by atoms with van der Waals surface area (Å²) in [5, 5.41) is 3.64. The maximum atomic E-state index is 12.7. The molecule has 0 saturated carbocycles. The van der Waals surface area contributed by atoms with Gasteiger partial charge in [0.05, 0.1) is 5.02 Å². The van der Waals surface area contributed by atoms with Crippen molar-refractivity contribution >= 4 is 29.1 Å². The number of halogens is 1. The zero-order chi connectivity index (χ0) is 18.7. The smallest absolute Gasteiger partial charge is 0.322 e. The molecule has 1 unspecified atom stereocenters. The first-order chi connectivity index (χ1) is 12.5. The summed E-state index contributed by atoms with van der Waals surface area (Å²) in [6.45, 7) is 8.40. The second-order valence-electron chi connectivity index (χ2n) is 7.00. The third-order valence-electron chi connectivity index (χ3n) is 4.76. The fraction of sp³-hybridized carbons (Fsp3) is 0.400. The number of aromatic nitrogens is 1. The fourth-order valence-corrected chi connectivity index (χ4v) is 3.45. The van der Waals surface area contributed by atoms with Gasteiger partial charge in [-0.15, -0.1) is 0 Å². The third kappa shape index (κ3) is 4.10. The first-order valence-corrected chi connectivity index (χ1v) is 9.36. The molecule has 26 heavy (non-hydrogen) atoms.